The van der Waals surface area contributed by atoms with Gasteiger partial charge in [0, 0.05) is 10.7 Å². The summed E-state index contributed by atoms with van der Waals surface area (Å²) in [4.78, 5) is 12.8. The minimum absolute atomic E-state index is 0.0629. The number of nitrogens with zero attached hydrogens (tertiary/aromatic N) is 1. The normalized spacial score (nSPS) is 11.5. The maximum atomic E-state index is 13.5. The fraction of sp³-hybridized carbons (Fsp3) is 0.138. The van der Waals surface area contributed by atoms with Gasteiger partial charge in [0.1, 0.15) is 18.1 Å². The number of sulfonamides is 2. The number of ether oxygens (including phenoxy) is 1. The van der Waals surface area contributed by atoms with Gasteiger partial charge in [-0.05, 0) is 104 Å². The van der Waals surface area contributed by atoms with Crippen LogP contribution >= 0.6 is 11.6 Å². The molecule has 1 amide bonds. The van der Waals surface area contributed by atoms with Crippen LogP contribution in [0.25, 0.3) is 0 Å². The number of hydrogen-bond donors (Lipinski definition) is 2. The van der Waals surface area contributed by atoms with Crippen LogP contribution in [0.2, 0.25) is 5.02 Å². The number of aryl methyl sites for hydroxylation is 1. The Labute approximate surface area is 249 Å². The molecule has 0 fully saturated rings. The molecule has 4 rings (SSSR count). The number of rotatable bonds is 11. The Bertz CT molecular complexity index is 1780. The summed E-state index contributed by atoms with van der Waals surface area (Å²) < 4.78 is 74.9. The Morgan fingerprint density at radius 1 is 0.857 bits per heavy atom. The lowest BCUT2D eigenvalue weighted by atomic mass is 10.2. The second kappa shape index (κ2) is 12.8. The SMILES string of the molecule is CCOc1ccc(N(CC(=O)Nc2ccc(S(=O)(=O)Nc3ccc(C)c(Cl)c3)cc2)S(=O)(=O)c2ccc(F)cc2)cc1. The zero-order valence-corrected chi connectivity index (χ0v) is 24.9. The van der Waals surface area contributed by atoms with E-state index in [2.05, 4.69) is 10.0 Å². The maximum absolute atomic E-state index is 13.5. The van der Waals surface area contributed by atoms with Gasteiger partial charge in [-0.25, -0.2) is 21.2 Å². The van der Waals surface area contributed by atoms with Crippen LogP contribution in [-0.2, 0) is 24.8 Å². The fourth-order valence-electron chi connectivity index (χ4n) is 3.84. The topological polar surface area (TPSA) is 122 Å². The van der Waals surface area contributed by atoms with E-state index >= 15 is 0 Å². The summed E-state index contributed by atoms with van der Waals surface area (Å²) >= 11 is 6.09. The van der Waals surface area contributed by atoms with Crippen molar-refractivity contribution in [1.29, 1.82) is 0 Å². The van der Waals surface area contributed by atoms with Gasteiger partial charge >= 0.3 is 0 Å². The number of benzene rings is 4. The van der Waals surface area contributed by atoms with Gasteiger partial charge in [-0.15, -0.1) is 0 Å². The Morgan fingerprint density at radius 3 is 2.05 bits per heavy atom. The third-order valence-corrected chi connectivity index (χ3v) is 9.59. The average Bonchev–Trinajstić information content (AvgIpc) is 2.95. The van der Waals surface area contributed by atoms with Crippen LogP contribution in [-0.4, -0.2) is 35.9 Å². The smallest absolute Gasteiger partial charge is 0.264 e. The standard InChI is InChI=1S/C29H27ClFN3O6S2/c1-3-40-25-12-10-24(11-13-25)34(42(38,39)27-14-5-21(31)6-15-27)19-29(35)32-22-8-16-26(17-9-22)41(36,37)33-23-7-4-20(2)28(30)18-23/h4-18,33H,3,19H2,1-2H3,(H,32,35). The molecule has 0 saturated carbocycles. The molecule has 0 aliphatic carbocycles. The van der Waals surface area contributed by atoms with Crippen molar-refractivity contribution in [2.45, 2.75) is 23.6 Å². The van der Waals surface area contributed by atoms with E-state index in [4.69, 9.17) is 16.3 Å². The summed E-state index contributed by atoms with van der Waals surface area (Å²) in [6.45, 7) is 3.39. The first-order valence-electron chi connectivity index (χ1n) is 12.6. The zero-order valence-electron chi connectivity index (χ0n) is 22.5. The number of carbonyl (C=O) groups excluding carboxylic acids is 1. The highest BCUT2D eigenvalue weighted by molar-refractivity contribution is 7.93. The lowest BCUT2D eigenvalue weighted by molar-refractivity contribution is -0.114. The number of hydrogen-bond acceptors (Lipinski definition) is 6. The van der Waals surface area contributed by atoms with Crippen LogP contribution in [0.3, 0.4) is 0 Å². The molecule has 0 heterocycles. The molecule has 220 valence electrons. The van der Waals surface area contributed by atoms with Crippen LogP contribution in [0.5, 0.6) is 5.75 Å². The van der Waals surface area contributed by atoms with E-state index in [1.54, 1.807) is 31.2 Å². The van der Waals surface area contributed by atoms with E-state index in [9.17, 15) is 26.0 Å². The van der Waals surface area contributed by atoms with Gasteiger partial charge in [0.05, 0.1) is 27.8 Å². The van der Waals surface area contributed by atoms with Crippen molar-refractivity contribution in [3.8, 4) is 5.75 Å². The maximum Gasteiger partial charge on any atom is 0.264 e. The average molecular weight is 632 g/mol. The summed E-state index contributed by atoms with van der Waals surface area (Å²) in [7, 11) is -8.23. The lowest BCUT2D eigenvalue weighted by Gasteiger charge is -2.24. The van der Waals surface area contributed by atoms with Crippen LogP contribution in [0, 0.1) is 12.7 Å². The number of nitrogens with one attached hydrogen (secondary N) is 2. The van der Waals surface area contributed by atoms with Crippen molar-refractivity contribution >= 4 is 54.6 Å². The van der Waals surface area contributed by atoms with Crippen molar-refractivity contribution in [2.24, 2.45) is 0 Å². The Balaban J connectivity index is 1.53. The lowest BCUT2D eigenvalue weighted by Crippen LogP contribution is -2.38. The Morgan fingerprint density at radius 2 is 1.45 bits per heavy atom. The van der Waals surface area contributed by atoms with Crippen molar-refractivity contribution in [3.05, 3.63) is 107 Å². The third kappa shape index (κ3) is 7.38. The summed E-state index contributed by atoms with van der Waals surface area (Å²) in [5, 5.41) is 3.00. The largest absolute Gasteiger partial charge is 0.494 e. The fourth-order valence-corrected chi connectivity index (χ4v) is 6.49. The highest BCUT2D eigenvalue weighted by Gasteiger charge is 2.27. The quantitative estimate of drug-likeness (QED) is 0.215. The third-order valence-electron chi connectivity index (χ3n) is 6.00. The first-order valence-corrected chi connectivity index (χ1v) is 15.9. The molecule has 0 aliphatic heterocycles. The molecule has 0 saturated heterocycles. The van der Waals surface area contributed by atoms with E-state index in [1.807, 2.05) is 6.92 Å². The van der Waals surface area contributed by atoms with Gasteiger partial charge in [0.25, 0.3) is 20.0 Å². The van der Waals surface area contributed by atoms with E-state index in [-0.39, 0.29) is 21.2 Å². The summed E-state index contributed by atoms with van der Waals surface area (Å²) in [6, 6.07) is 20.5. The van der Waals surface area contributed by atoms with E-state index in [1.165, 1.54) is 42.5 Å². The molecule has 0 aromatic heterocycles. The zero-order chi connectivity index (χ0) is 30.5. The monoisotopic (exact) mass is 631 g/mol. The van der Waals surface area contributed by atoms with Crippen molar-refractivity contribution in [3.63, 3.8) is 0 Å². The molecule has 4 aromatic rings. The van der Waals surface area contributed by atoms with Gasteiger partial charge in [-0.1, -0.05) is 17.7 Å². The van der Waals surface area contributed by atoms with Crippen LogP contribution in [0.15, 0.2) is 101 Å². The van der Waals surface area contributed by atoms with Crippen LogP contribution < -0.4 is 19.1 Å². The minimum Gasteiger partial charge on any atom is -0.494 e. The summed E-state index contributed by atoms with van der Waals surface area (Å²) in [6.07, 6.45) is 0. The molecular weight excluding hydrogens is 605 g/mol. The summed E-state index contributed by atoms with van der Waals surface area (Å²) in [5.74, 6) is -0.792. The molecular formula is C29H27ClFN3O6S2. The Kier molecular flexibility index (Phi) is 9.40. The minimum atomic E-state index is -4.28. The van der Waals surface area contributed by atoms with Gasteiger partial charge in [0.15, 0.2) is 0 Å². The molecule has 0 aliphatic rings. The second-order valence-electron chi connectivity index (χ2n) is 9.03. The van der Waals surface area contributed by atoms with Gasteiger partial charge in [-0.2, -0.15) is 0 Å². The molecule has 9 nitrogen and oxygen atoms in total. The van der Waals surface area contributed by atoms with E-state index < -0.39 is 38.3 Å². The number of amides is 1. The van der Waals surface area contributed by atoms with Gasteiger partial charge in [0.2, 0.25) is 5.91 Å². The van der Waals surface area contributed by atoms with Crippen LogP contribution in [0.1, 0.15) is 12.5 Å². The molecule has 0 spiro atoms. The molecule has 2 N–H and O–H groups in total. The predicted octanol–water partition coefficient (Wildman–Crippen LogP) is 5.82. The second-order valence-corrected chi connectivity index (χ2v) is 13.0. The van der Waals surface area contributed by atoms with Crippen LogP contribution in [0.4, 0.5) is 21.5 Å². The number of carbonyl (C=O) groups is 1. The number of anilines is 3. The predicted molar refractivity (Wildman–Crippen MR) is 161 cm³/mol. The van der Waals surface area contributed by atoms with Crippen molar-refractivity contribution in [2.75, 3.05) is 27.5 Å². The molecule has 0 atom stereocenters. The first-order chi connectivity index (χ1) is 19.9. The summed E-state index contributed by atoms with van der Waals surface area (Å²) in [5.41, 5.74) is 1.51. The molecule has 42 heavy (non-hydrogen) atoms. The number of halogens is 2. The molecule has 13 heteroatoms. The van der Waals surface area contributed by atoms with Crippen molar-refractivity contribution < 1.29 is 30.8 Å². The first kappa shape index (κ1) is 30.8. The molecule has 4 aromatic carbocycles. The highest BCUT2D eigenvalue weighted by atomic mass is 35.5. The van der Waals surface area contributed by atoms with E-state index in [0.717, 1.165) is 34.1 Å². The van der Waals surface area contributed by atoms with Gasteiger partial charge < -0.3 is 10.1 Å². The van der Waals surface area contributed by atoms with Gasteiger partial charge in [-0.3, -0.25) is 13.8 Å². The molecule has 0 unspecified atom stereocenters. The van der Waals surface area contributed by atoms with E-state index in [0.29, 0.717) is 23.1 Å². The molecule has 0 radical (unpaired) electrons. The highest BCUT2D eigenvalue weighted by Crippen LogP contribution is 2.27. The Hall–Kier alpha value is -4.13. The molecule has 0 bridgehead atoms. The van der Waals surface area contributed by atoms with Crippen molar-refractivity contribution in [1.82, 2.24) is 0 Å².